The number of aryl methyl sites for hydroxylation is 1. The molecule has 0 saturated carbocycles. The number of rotatable bonds is 5. The van der Waals surface area contributed by atoms with Gasteiger partial charge in [0.2, 0.25) is 5.75 Å². The van der Waals surface area contributed by atoms with Gasteiger partial charge in [-0.2, -0.15) is 0 Å². The smallest absolute Gasteiger partial charge is 0.269 e. The molecule has 0 radical (unpaired) electrons. The van der Waals surface area contributed by atoms with Gasteiger partial charge >= 0.3 is 0 Å². The number of methoxy groups -OCH3 is 2. The van der Waals surface area contributed by atoms with Gasteiger partial charge in [0.15, 0.2) is 11.5 Å². The predicted octanol–water partition coefficient (Wildman–Crippen LogP) is 3.71. The Hall–Kier alpha value is -2.76. The summed E-state index contributed by atoms with van der Waals surface area (Å²) >= 11 is 0. The van der Waals surface area contributed by atoms with Gasteiger partial charge in [-0.15, -0.1) is 0 Å². The van der Waals surface area contributed by atoms with Crippen LogP contribution in [0.2, 0.25) is 0 Å². The van der Waals surface area contributed by atoms with E-state index in [0.29, 0.717) is 28.6 Å². The largest absolute Gasteiger partial charge is 0.493 e. The third-order valence-corrected chi connectivity index (χ3v) is 2.96. The molecule has 0 spiro atoms. The maximum Gasteiger partial charge on any atom is 0.269 e. The minimum atomic E-state index is -0.444. The van der Waals surface area contributed by atoms with Crippen LogP contribution >= 0.6 is 0 Å². The second kappa shape index (κ2) is 6.13. The number of nitro benzene ring substituents is 1. The molecule has 0 amide bonds. The van der Waals surface area contributed by atoms with Crippen molar-refractivity contribution in [1.82, 2.24) is 0 Å². The first kappa shape index (κ1) is 14.6. The molecule has 0 unspecified atom stereocenters. The molecule has 0 bridgehead atoms. The zero-order valence-electron chi connectivity index (χ0n) is 12.0. The van der Waals surface area contributed by atoms with Crippen molar-refractivity contribution in [2.75, 3.05) is 14.2 Å². The molecule has 0 aliphatic rings. The first-order chi connectivity index (χ1) is 10.1. The lowest BCUT2D eigenvalue weighted by Crippen LogP contribution is -1.96. The number of nitrogens with zero attached hydrogens (tertiary/aromatic N) is 1. The molecule has 6 heteroatoms. The Morgan fingerprint density at radius 1 is 1.00 bits per heavy atom. The number of ether oxygens (including phenoxy) is 3. The summed E-state index contributed by atoms with van der Waals surface area (Å²) in [6, 6.07) is 9.69. The number of hydrogen-bond acceptors (Lipinski definition) is 5. The highest BCUT2D eigenvalue weighted by molar-refractivity contribution is 5.54. The van der Waals surface area contributed by atoms with E-state index in [2.05, 4.69) is 0 Å². The Morgan fingerprint density at radius 3 is 2.10 bits per heavy atom. The fourth-order valence-corrected chi connectivity index (χ4v) is 1.89. The normalized spacial score (nSPS) is 10.0. The van der Waals surface area contributed by atoms with E-state index < -0.39 is 4.92 Å². The number of benzene rings is 2. The molecule has 6 nitrogen and oxygen atoms in total. The third-order valence-electron chi connectivity index (χ3n) is 2.96. The number of hydrogen-bond donors (Lipinski definition) is 0. The molecule has 0 saturated heterocycles. The summed E-state index contributed by atoms with van der Waals surface area (Å²) in [5, 5.41) is 10.7. The minimum Gasteiger partial charge on any atom is -0.493 e. The van der Waals surface area contributed by atoms with Gasteiger partial charge in [0.25, 0.3) is 5.69 Å². The Kier molecular flexibility index (Phi) is 4.27. The second-order valence-corrected chi connectivity index (χ2v) is 4.30. The van der Waals surface area contributed by atoms with Crippen LogP contribution in [0.3, 0.4) is 0 Å². The molecule has 2 aromatic carbocycles. The molecule has 0 aliphatic carbocycles. The first-order valence-corrected chi connectivity index (χ1v) is 6.20. The van der Waals surface area contributed by atoms with Crippen LogP contribution in [0, 0.1) is 17.0 Å². The van der Waals surface area contributed by atoms with E-state index in [-0.39, 0.29) is 5.69 Å². The van der Waals surface area contributed by atoms with E-state index in [1.165, 1.54) is 26.4 Å². The van der Waals surface area contributed by atoms with Crippen LogP contribution < -0.4 is 14.2 Å². The van der Waals surface area contributed by atoms with Crippen LogP contribution in [-0.2, 0) is 0 Å². The van der Waals surface area contributed by atoms with Crippen LogP contribution in [0.25, 0.3) is 0 Å². The van der Waals surface area contributed by atoms with Crippen molar-refractivity contribution in [3.05, 3.63) is 52.1 Å². The van der Waals surface area contributed by atoms with E-state index in [4.69, 9.17) is 14.2 Å². The standard InChI is InChI=1S/C15H15NO5/c1-10-9-11(16(17)18)7-8-12(10)21-15-13(19-2)5-4-6-14(15)20-3/h4-9H,1-3H3. The van der Waals surface area contributed by atoms with E-state index in [1.807, 2.05) is 0 Å². The van der Waals surface area contributed by atoms with Gasteiger partial charge in [0, 0.05) is 12.1 Å². The molecule has 0 N–H and O–H groups in total. The van der Waals surface area contributed by atoms with Crippen molar-refractivity contribution in [2.45, 2.75) is 6.92 Å². The quantitative estimate of drug-likeness (QED) is 0.619. The average Bonchev–Trinajstić information content (AvgIpc) is 2.49. The zero-order chi connectivity index (χ0) is 15.4. The SMILES string of the molecule is COc1cccc(OC)c1Oc1ccc([N+](=O)[O-])cc1C. The lowest BCUT2D eigenvalue weighted by molar-refractivity contribution is -0.384. The monoisotopic (exact) mass is 289 g/mol. The molecule has 0 atom stereocenters. The van der Waals surface area contributed by atoms with Gasteiger partial charge in [-0.1, -0.05) is 6.07 Å². The maximum absolute atomic E-state index is 10.7. The van der Waals surface area contributed by atoms with Crippen LogP contribution in [0.4, 0.5) is 5.69 Å². The molecule has 2 aromatic rings. The molecular formula is C15H15NO5. The van der Waals surface area contributed by atoms with Crippen LogP contribution in [0.15, 0.2) is 36.4 Å². The molecule has 0 fully saturated rings. The van der Waals surface area contributed by atoms with E-state index in [0.717, 1.165) is 0 Å². The fraction of sp³-hybridized carbons (Fsp3) is 0.200. The van der Waals surface area contributed by atoms with Crippen molar-refractivity contribution >= 4 is 5.69 Å². The van der Waals surface area contributed by atoms with E-state index in [1.54, 1.807) is 31.2 Å². The Balaban J connectivity index is 2.40. The minimum absolute atomic E-state index is 0.0202. The third kappa shape index (κ3) is 3.05. The maximum atomic E-state index is 10.7. The van der Waals surface area contributed by atoms with Crippen molar-refractivity contribution < 1.29 is 19.1 Å². The van der Waals surface area contributed by atoms with Gasteiger partial charge in [-0.25, -0.2) is 0 Å². The molecule has 21 heavy (non-hydrogen) atoms. The summed E-state index contributed by atoms with van der Waals surface area (Å²) in [7, 11) is 3.06. The summed E-state index contributed by atoms with van der Waals surface area (Å²) in [5.74, 6) is 1.97. The topological polar surface area (TPSA) is 70.8 Å². The molecule has 2 rings (SSSR count). The molecule has 0 aromatic heterocycles. The summed E-state index contributed by atoms with van der Waals surface area (Å²) in [6.45, 7) is 1.74. The molecule has 110 valence electrons. The summed E-state index contributed by atoms with van der Waals surface area (Å²) < 4.78 is 16.3. The van der Waals surface area contributed by atoms with E-state index in [9.17, 15) is 10.1 Å². The molecular weight excluding hydrogens is 274 g/mol. The highest BCUT2D eigenvalue weighted by Gasteiger charge is 2.15. The van der Waals surface area contributed by atoms with Gasteiger partial charge in [-0.3, -0.25) is 10.1 Å². The molecule has 0 heterocycles. The highest BCUT2D eigenvalue weighted by atomic mass is 16.6. The van der Waals surface area contributed by atoms with Crippen LogP contribution in [-0.4, -0.2) is 19.1 Å². The zero-order valence-corrected chi connectivity index (χ0v) is 12.0. The van der Waals surface area contributed by atoms with Gasteiger partial charge < -0.3 is 14.2 Å². The Labute approximate surface area is 122 Å². The van der Waals surface area contributed by atoms with Gasteiger partial charge in [0.1, 0.15) is 5.75 Å². The lowest BCUT2D eigenvalue weighted by atomic mass is 10.2. The van der Waals surface area contributed by atoms with Gasteiger partial charge in [0.05, 0.1) is 19.1 Å². The molecule has 0 aliphatic heterocycles. The number of non-ortho nitro benzene ring substituents is 1. The van der Waals surface area contributed by atoms with Crippen molar-refractivity contribution in [3.8, 4) is 23.0 Å². The van der Waals surface area contributed by atoms with Crippen LogP contribution in [0.1, 0.15) is 5.56 Å². The summed E-state index contributed by atoms with van der Waals surface area (Å²) in [5.41, 5.74) is 0.670. The number of para-hydroxylation sites is 1. The van der Waals surface area contributed by atoms with Crippen molar-refractivity contribution in [2.24, 2.45) is 0 Å². The lowest BCUT2D eigenvalue weighted by Gasteiger charge is -2.14. The Morgan fingerprint density at radius 2 is 1.62 bits per heavy atom. The first-order valence-electron chi connectivity index (χ1n) is 6.20. The summed E-state index contributed by atoms with van der Waals surface area (Å²) in [6.07, 6.45) is 0. The fourth-order valence-electron chi connectivity index (χ4n) is 1.89. The Bertz CT molecular complexity index is 647. The second-order valence-electron chi connectivity index (χ2n) is 4.30. The predicted molar refractivity (Wildman–Crippen MR) is 77.5 cm³/mol. The van der Waals surface area contributed by atoms with Gasteiger partial charge in [-0.05, 0) is 30.7 Å². The summed E-state index contributed by atoms with van der Waals surface area (Å²) in [4.78, 5) is 10.3. The van der Waals surface area contributed by atoms with Crippen molar-refractivity contribution in [1.29, 1.82) is 0 Å². The number of nitro groups is 1. The van der Waals surface area contributed by atoms with Crippen LogP contribution in [0.5, 0.6) is 23.0 Å². The highest BCUT2D eigenvalue weighted by Crippen LogP contribution is 2.41. The van der Waals surface area contributed by atoms with Crippen molar-refractivity contribution in [3.63, 3.8) is 0 Å². The van der Waals surface area contributed by atoms with E-state index >= 15 is 0 Å². The average molecular weight is 289 g/mol.